The van der Waals surface area contributed by atoms with Crippen molar-refractivity contribution in [1.82, 2.24) is 9.97 Å². The van der Waals surface area contributed by atoms with Gasteiger partial charge in [-0.25, -0.2) is 0 Å². The van der Waals surface area contributed by atoms with Crippen LogP contribution in [0.25, 0.3) is 0 Å². The van der Waals surface area contributed by atoms with Crippen molar-refractivity contribution in [3.63, 3.8) is 0 Å². The first kappa shape index (κ1) is 21.2. The number of hydrogen-bond acceptors (Lipinski definition) is 4. The molecule has 0 saturated carbocycles. The first-order chi connectivity index (χ1) is 14.4. The van der Waals surface area contributed by atoms with Gasteiger partial charge in [0.1, 0.15) is 0 Å². The Morgan fingerprint density at radius 1 is 0.667 bits per heavy atom. The van der Waals surface area contributed by atoms with E-state index in [4.69, 9.17) is 9.97 Å². The summed E-state index contributed by atoms with van der Waals surface area (Å²) in [5, 5.41) is 0. The summed E-state index contributed by atoms with van der Waals surface area (Å²) in [7, 11) is 3.46. The largest absolute Gasteiger partial charge is 0.318 e. The molecule has 0 aliphatic carbocycles. The van der Waals surface area contributed by atoms with Crippen molar-refractivity contribution in [3.05, 3.63) is 82.4 Å². The fraction of sp³-hybridized carbons (Fsp3) is 0.250. The Bertz CT molecular complexity index is 945. The van der Waals surface area contributed by atoms with Crippen molar-refractivity contribution in [3.8, 4) is 0 Å². The van der Waals surface area contributed by atoms with Gasteiger partial charge < -0.3 is 9.80 Å². The lowest BCUT2D eigenvalue weighted by atomic mass is 10.0. The summed E-state index contributed by atoms with van der Waals surface area (Å²) >= 11 is 0. The standard InChI is InChI=1S/C24H26N4O2/c1-17-23(13-19-5-9-21(10-6-19)27(3)15-29)26-18(2)24(25-17)14-20-7-11-22(12-8-20)28(4)16-30/h5-12,15-16H,13-14H2,1-4H3. The Kier molecular flexibility index (Phi) is 6.57. The first-order valence-electron chi connectivity index (χ1n) is 9.78. The maximum absolute atomic E-state index is 10.9. The highest BCUT2D eigenvalue weighted by atomic mass is 16.1. The van der Waals surface area contributed by atoms with Crippen molar-refractivity contribution in [2.75, 3.05) is 23.9 Å². The van der Waals surface area contributed by atoms with Crippen LogP contribution in [0.2, 0.25) is 0 Å². The van der Waals surface area contributed by atoms with Crippen molar-refractivity contribution < 1.29 is 9.59 Å². The summed E-state index contributed by atoms with van der Waals surface area (Å²) in [4.78, 5) is 34.5. The molecule has 0 N–H and O–H groups in total. The number of amides is 2. The second-order valence-corrected chi connectivity index (χ2v) is 7.41. The van der Waals surface area contributed by atoms with Gasteiger partial charge in [-0.05, 0) is 49.2 Å². The molecule has 1 aromatic heterocycles. The van der Waals surface area contributed by atoms with E-state index in [1.807, 2.05) is 62.4 Å². The second-order valence-electron chi connectivity index (χ2n) is 7.41. The van der Waals surface area contributed by atoms with Crippen LogP contribution in [0.3, 0.4) is 0 Å². The molecule has 2 aromatic carbocycles. The minimum atomic E-state index is 0.692. The molecule has 0 unspecified atom stereocenters. The van der Waals surface area contributed by atoms with E-state index in [2.05, 4.69) is 0 Å². The molecule has 154 valence electrons. The lowest BCUT2D eigenvalue weighted by Gasteiger charge is -2.13. The Hall–Kier alpha value is -3.54. The minimum Gasteiger partial charge on any atom is -0.318 e. The zero-order valence-electron chi connectivity index (χ0n) is 17.8. The predicted octanol–water partition coefficient (Wildman–Crippen LogP) is 3.46. The molecule has 0 atom stereocenters. The number of carbonyl (C=O) groups excluding carboxylic acids is 2. The van der Waals surface area contributed by atoms with Crippen LogP contribution in [0.15, 0.2) is 48.5 Å². The molecular weight excluding hydrogens is 376 g/mol. The number of aryl methyl sites for hydroxylation is 2. The van der Waals surface area contributed by atoms with Gasteiger partial charge in [-0.1, -0.05) is 24.3 Å². The van der Waals surface area contributed by atoms with Crippen LogP contribution in [-0.2, 0) is 22.4 Å². The molecule has 0 bridgehead atoms. The number of carbonyl (C=O) groups is 2. The normalized spacial score (nSPS) is 10.5. The van der Waals surface area contributed by atoms with Crippen LogP contribution in [-0.4, -0.2) is 36.9 Å². The maximum Gasteiger partial charge on any atom is 0.213 e. The van der Waals surface area contributed by atoms with E-state index in [0.717, 1.165) is 58.1 Å². The quantitative estimate of drug-likeness (QED) is 0.541. The third-order valence-corrected chi connectivity index (χ3v) is 5.19. The highest BCUT2D eigenvalue weighted by Gasteiger charge is 2.11. The Balaban J connectivity index is 1.75. The summed E-state index contributed by atoms with van der Waals surface area (Å²) in [6, 6.07) is 15.8. The summed E-state index contributed by atoms with van der Waals surface area (Å²) in [6.45, 7) is 3.98. The molecule has 0 aliphatic heterocycles. The lowest BCUT2D eigenvalue weighted by molar-refractivity contribution is -0.107. The fourth-order valence-electron chi connectivity index (χ4n) is 3.24. The zero-order chi connectivity index (χ0) is 21.7. The number of nitrogens with zero attached hydrogens (tertiary/aromatic N) is 4. The van der Waals surface area contributed by atoms with Crippen molar-refractivity contribution in [2.45, 2.75) is 26.7 Å². The van der Waals surface area contributed by atoms with Crippen LogP contribution in [0.5, 0.6) is 0 Å². The molecule has 0 spiro atoms. The summed E-state index contributed by atoms with van der Waals surface area (Å²) < 4.78 is 0. The van der Waals surface area contributed by atoms with Crippen LogP contribution in [0, 0.1) is 13.8 Å². The molecule has 0 saturated heterocycles. The maximum atomic E-state index is 10.9. The molecule has 0 fully saturated rings. The molecule has 3 rings (SSSR count). The van der Waals surface area contributed by atoms with E-state index in [1.54, 1.807) is 14.1 Å². The third-order valence-electron chi connectivity index (χ3n) is 5.19. The monoisotopic (exact) mass is 402 g/mol. The van der Waals surface area contributed by atoms with Gasteiger partial charge in [0.2, 0.25) is 12.8 Å². The van der Waals surface area contributed by atoms with Crippen LogP contribution in [0.1, 0.15) is 33.9 Å². The highest BCUT2D eigenvalue weighted by molar-refractivity contribution is 5.74. The van der Waals surface area contributed by atoms with Gasteiger partial charge in [0.05, 0.1) is 22.8 Å². The lowest BCUT2D eigenvalue weighted by Crippen LogP contribution is -2.13. The molecule has 0 aliphatic rings. The average molecular weight is 402 g/mol. The zero-order valence-corrected chi connectivity index (χ0v) is 17.8. The molecule has 2 amide bonds. The number of benzene rings is 2. The van der Waals surface area contributed by atoms with Crippen molar-refractivity contribution in [2.24, 2.45) is 0 Å². The Morgan fingerprint density at radius 2 is 1.00 bits per heavy atom. The number of hydrogen-bond donors (Lipinski definition) is 0. The van der Waals surface area contributed by atoms with Crippen LogP contribution in [0.4, 0.5) is 11.4 Å². The molecule has 1 heterocycles. The van der Waals surface area contributed by atoms with Gasteiger partial charge in [-0.2, -0.15) is 0 Å². The smallest absolute Gasteiger partial charge is 0.213 e. The fourth-order valence-corrected chi connectivity index (χ4v) is 3.24. The van der Waals surface area contributed by atoms with E-state index in [0.29, 0.717) is 12.8 Å². The molecule has 6 heteroatoms. The van der Waals surface area contributed by atoms with Crippen LogP contribution < -0.4 is 9.80 Å². The SMILES string of the molecule is Cc1nc(Cc2ccc(N(C)C=O)cc2)c(C)nc1Cc1ccc(N(C)C=O)cc1. The third kappa shape index (κ3) is 4.89. The molecule has 6 nitrogen and oxygen atoms in total. The van der Waals surface area contributed by atoms with Crippen LogP contribution >= 0.6 is 0 Å². The second kappa shape index (κ2) is 9.31. The molecule has 0 radical (unpaired) electrons. The average Bonchev–Trinajstić information content (AvgIpc) is 2.77. The number of aromatic nitrogens is 2. The molecule has 30 heavy (non-hydrogen) atoms. The van der Waals surface area contributed by atoms with E-state index >= 15 is 0 Å². The number of anilines is 2. The van der Waals surface area contributed by atoms with Gasteiger partial charge in [-0.15, -0.1) is 0 Å². The van der Waals surface area contributed by atoms with E-state index < -0.39 is 0 Å². The minimum absolute atomic E-state index is 0.692. The van der Waals surface area contributed by atoms with E-state index in [9.17, 15) is 9.59 Å². The molecular formula is C24H26N4O2. The van der Waals surface area contributed by atoms with Crippen molar-refractivity contribution in [1.29, 1.82) is 0 Å². The Morgan fingerprint density at radius 3 is 1.30 bits per heavy atom. The van der Waals surface area contributed by atoms with Gasteiger partial charge in [0.15, 0.2) is 0 Å². The van der Waals surface area contributed by atoms with E-state index in [-0.39, 0.29) is 0 Å². The summed E-state index contributed by atoms with van der Waals surface area (Å²) in [6.07, 6.45) is 2.97. The Labute approximate surface area is 177 Å². The predicted molar refractivity (Wildman–Crippen MR) is 119 cm³/mol. The topological polar surface area (TPSA) is 66.4 Å². The summed E-state index contributed by atoms with van der Waals surface area (Å²) in [5.74, 6) is 0. The molecule has 3 aromatic rings. The van der Waals surface area contributed by atoms with Gasteiger partial charge in [0, 0.05) is 38.3 Å². The number of rotatable bonds is 8. The van der Waals surface area contributed by atoms with Gasteiger partial charge >= 0.3 is 0 Å². The van der Waals surface area contributed by atoms with Gasteiger partial charge in [-0.3, -0.25) is 19.6 Å². The highest BCUT2D eigenvalue weighted by Crippen LogP contribution is 2.19. The van der Waals surface area contributed by atoms with Gasteiger partial charge in [0.25, 0.3) is 0 Å². The van der Waals surface area contributed by atoms with Crippen molar-refractivity contribution >= 4 is 24.2 Å². The first-order valence-corrected chi connectivity index (χ1v) is 9.78. The summed E-state index contributed by atoms with van der Waals surface area (Å²) in [5.41, 5.74) is 7.70. The van der Waals surface area contributed by atoms with E-state index in [1.165, 1.54) is 9.80 Å².